The summed E-state index contributed by atoms with van der Waals surface area (Å²) < 4.78 is 18.5. The second-order valence-electron chi connectivity index (χ2n) is 4.22. The lowest BCUT2D eigenvalue weighted by Gasteiger charge is -2.23. The van der Waals surface area contributed by atoms with E-state index in [2.05, 4.69) is 5.32 Å². The number of halogens is 1. The van der Waals surface area contributed by atoms with Crippen molar-refractivity contribution in [1.82, 2.24) is 0 Å². The number of anilines is 1. The van der Waals surface area contributed by atoms with E-state index in [1.807, 2.05) is 19.9 Å². The smallest absolute Gasteiger partial charge is 0.143 e. The maximum atomic E-state index is 13.4. The monoisotopic (exact) mass is 236 g/mol. The average Bonchev–Trinajstić information content (AvgIpc) is 2.28. The summed E-state index contributed by atoms with van der Waals surface area (Å²) in [4.78, 5) is 0. The Morgan fingerprint density at radius 3 is 2.71 bits per heavy atom. The van der Waals surface area contributed by atoms with Gasteiger partial charge in [0.15, 0.2) is 0 Å². The van der Waals surface area contributed by atoms with Gasteiger partial charge in [0.2, 0.25) is 0 Å². The SMILES string of the molecule is COCC(Nc1cccc(F)c1C#N)C(C)C. The highest BCUT2D eigenvalue weighted by Crippen LogP contribution is 2.20. The zero-order valence-electron chi connectivity index (χ0n) is 10.3. The van der Waals surface area contributed by atoms with Crippen LogP contribution in [0.5, 0.6) is 0 Å². The van der Waals surface area contributed by atoms with Gasteiger partial charge in [-0.25, -0.2) is 4.39 Å². The van der Waals surface area contributed by atoms with Gasteiger partial charge in [-0.2, -0.15) is 5.26 Å². The molecule has 0 radical (unpaired) electrons. The Kier molecular flexibility index (Phi) is 4.92. The second kappa shape index (κ2) is 6.21. The van der Waals surface area contributed by atoms with Crippen molar-refractivity contribution >= 4 is 5.69 Å². The number of nitriles is 1. The third kappa shape index (κ3) is 3.43. The molecular weight excluding hydrogens is 219 g/mol. The zero-order valence-corrected chi connectivity index (χ0v) is 10.3. The van der Waals surface area contributed by atoms with E-state index in [4.69, 9.17) is 10.00 Å². The fourth-order valence-electron chi connectivity index (χ4n) is 1.54. The van der Waals surface area contributed by atoms with Crippen LogP contribution in [0.15, 0.2) is 18.2 Å². The van der Waals surface area contributed by atoms with Crippen LogP contribution in [0.4, 0.5) is 10.1 Å². The van der Waals surface area contributed by atoms with Crippen molar-refractivity contribution in [3.8, 4) is 6.07 Å². The first-order valence-electron chi connectivity index (χ1n) is 5.54. The molecular formula is C13H17FN2O. The molecule has 0 aliphatic heterocycles. The molecule has 1 N–H and O–H groups in total. The Bertz CT molecular complexity index is 412. The minimum atomic E-state index is -0.502. The summed E-state index contributed by atoms with van der Waals surface area (Å²) in [6, 6.07) is 6.49. The fourth-order valence-corrected chi connectivity index (χ4v) is 1.54. The highest BCUT2D eigenvalue weighted by molar-refractivity contribution is 5.58. The number of methoxy groups -OCH3 is 1. The van der Waals surface area contributed by atoms with Crippen LogP contribution in [-0.2, 0) is 4.74 Å². The van der Waals surface area contributed by atoms with Crippen molar-refractivity contribution in [2.45, 2.75) is 19.9 Å². The van der Waals surface area contributed by atoms with E-state index >= 15 is 0 Å². The molecule has 1 aromatic rings. The number of ether oxygens (including phenoxy) is 1. The Balaban J connectivity index is 2.94. The Morgan fingerprint density at radius 2 is 2.18 bits per heavy atom. The second-order valence-corrected chi connectivity index (χ2v) is 4.22. The topological polar surface area (TPSA) is 45.0 Å². The van der Waals surface area contributed by atoms with Crippen LogP contribution in [0.1, 0.15) is 19.4 Å². The molecule has 0 aliphatic carbocycles. The normalized spacial score (nSPS) is 12.2. The van der Waals surface area contributed by atoms with Gasteiger partial charge in [-0.15, -0.1) is 0 Å². The molecule has 0 amide bonds. The Morgan fingerprint density at radius 1 is 1.47 bits per heavy atom. The summed E-state index contributed by atoms with van der Waals surface area (Å²) >= 11 is 0. The van der Waals surface area contributed by atoms with Gasteiger partial charge in [-0.05, 0) is 18.1 Å². The maximum absolute atomic E-state index is 13.4. The molecule has 3 nitrogen and oxygen atoms in total. The van der Waals surface area contributed by atoms with Gasteiger partial charge < -0.3 is 10.1 Å². The quantitative estimate of drug-likeness (QED) is 0.855. The number of hydrogen-bond acceptors (Lipinski definition) is 3. The van der Waals surface area contributed by atoms with E-state index in [-0.39, 0.29) is 11.6 Å². The lowest BCUT2D eigenvalue weighted by atomic mass is 10.0. The van der Waals surface area contributed by atoms with Gasteiger partial charge in [0, 0.05) is 7.11 Å². The molecule has 0 bridgehead atoms. The largest absolute Gasteiger partial charge is 0.383 e. The first kappa shape index (κ1) is 13.5. The van der Waals surface area contributed by atoms with E-state index in [1.165, 1.54) is 6.07 Å². The first-order valence-corrected chi connectivity index (χ1v) is 5.54. The van der Waals surface area contributed by atoms with Crippen LogP contribution < -0.4 is 5.32 Å². The summed E-state index contributed by atoms with van der Waals surface area (Å²) in [7, 11) is 1.62. The van der Waals surface area contributed by atoms with Gasteiger partial charge >= 0.3 is 0 Å². The highest BCUT2D eigenvalue weighted by atomic mass is 19.1. The van der Waals surface area contributed by atoms with Crippen molar-refractivity contribution in [2.24, 2.45) is 5.92 Å². The molecule has 1 unspecified atom stereocenters. The van der Waals surface area contributed by atoms with E-state index < -0.39 is 5.82 Å². The minimum absolute atomic E-state index is 0.0499. The third-order valence-corrected chi connectivity index (χ3v) is 2.62. The van der Waals surface area contributed by atoms with Gasteiger partial charge in [-0.1, -0.05) is 19.9 Å². The molecule has 0 aromatic heterocycles. The van der Waals surface area contributed by atoms with Crippen LogP contribution in [0.3, 0.4) is 0 Å². The number of benzene rings is 1. The molecule has 1 aromatic carbocycles. The molecule has 0 aliphatic rings. The summed E-state index contributed by atoms with van der Waals surface area (Å²) in [5.74, 6) is -0.179. The van der Waals surface area contributed by atoms with Crippen molar-refractivity contribution in [3.63, 3.8) is 0 Å². The zero-order chi connectivity index (χ0) is 12.8. The van der Waals surface area contributed by atoms with Crippen LogP contribution in [0.25, 0.3) is 0 Å². The maximum Gasteiger partial charge on any atom is 0.143 e. The molecule has 1 rings (SSSR count). The van der Waals surface area contributed by atoms with E-state index in [0.717, 1.165) is 0 Å². The van der Waals surface area contributed by atoms with Crippen LogP contribution >= 0.6 is 0 Å². The molecule has 92 valence electrons. The molecule has 17 heavy (non-hydrogen) atoms. The van der Waals surface area contributed by atoms with Crippen molar-refractivity contribution in [2.75, 3.05) is 19.0 Å². The molecule has 0 heterocycles. The van der Waals surface area contributed by atoms with Crippen LogP contribution in [0, 0.1) is 23.1 Å². The summed E-state index contributed by atoms with van der Waals surface area (Å²) in [6.45, 7) is 4.60. The van der Waals surface area contributed by atoms with E-state index in [1.54, 1.807) is 19.2 Å². The van der Waals surface area contributed by atoms with E-state index in [9.17, 15) is 4.39 Å². The lowest BCUT2D eigenvalue weighted by Crippen LogP contribution is -2.30. The lowest BCUT2D eigenvalue weighted by molar-refractivity contribution is 0.171. The first-order chi connectivity index (χ1) is 8.10. The Hall–Kier alpha value is -1.60. The predicted molar refractivity (Wildman–Crippen MR) is 65.2 cm³/mol. The molecule has 0 saturated carbocycles. The van der Waals surface area contributed by atoms with Gasteiger partial charge in [0.05, 0.1) is 18.3 Å². The predicted octanol–water partition coefficient (Wildman–Crippen LogP) is 2.78. The van der Waals surface area contributed by atoms with Gasteiger partial charge in [-0.3, -0.25) is 0 Å². The van der Waals surface area contributed by atoms with Gasteiger partial charge in [0.25, 0.3) is 0 Å². The number of nitrogens with one attached hydrogen (secondary N) is 1. The van der Waals surface area contributed by atoms with Crippen molar-refractivity contribution in [1.29, 1.82) is 5.26 Å². The summed E-state index contributed by atoms with van der Waals surface area (Å²) in [6.07, 6.45) is 0. The molecule has 0 fully saturated rings. The fraction of sp³-hybridized carbons (Fsp3) is 0.462. The van der Waals surface area contributed by atoms with E-state index in [0.29, 0.717) is 18.2 Å². The average molecular weight is 236 g/mol. The number of rotatable bonds is 5. The molecule has 4 heteroatoms. The summed E-state index contributed by atoms with van der Waals surface area (Å²) in [5.41, 5.74) is 0.567. The van der Waals surface area contributed by atoms with Crippen LogP contribution in [0.2, 0.25) is 0 Å². The Labute approximate surface area is 101 Å². The molecule has 1 atom stereocenters. The summed E-state index contributed by atoms with van der Waals surface area (Å²) in [5, 5.41) is 12.1. The number of hydrogen-bond donors (Lipinski definition) is 1. The standard InChI is InChI=1S/C13H17FN2O/c1-9(2)13(8-17-3)16-12-6-4-5-11(14)10(12)7-15/h4-6,9,13,16H,8H2,1-3H3. The third-order valence-electron chi connectivity index (χ3n) is 2.62. The minimum Gasteiger partial charge on any atom is -0.383 e. The molecule has 0 saturated heterocycles. The highest BCUT2D eigenvalue weighted by Gasteiger charge is 2.16. The van der Waals surface area contributed by atoms with Crippen molar-refractivity contribution < 1.29 is 9.13 Å². The van der Waals surface area contributed by atoms with Gasteiger partial charge in [0.1, 0.15) is 17.4 Å². The van der Waals surface area contributed by atoms with Crippen LogP contribution in [-0.4, -0.2) is 19.8 Å². The molecule has 0 spiro atoms. The van der Waals surface area contributed by atoms with Crippen molar-refractivity contribution in [3.05, 3.63) is 29.6 Å². The number of nitrogens with zero attached hydrogens (tertiary/aromatic N) is 1.